The van der Waals surface area contributed by atoms with Crippen LogP contribution in [0.25, 0.3) is 0 Å². The van der Waals surface area contributed by atoms with Crippen molar-refractivity contribution in [2.24, 2.45) is 7.05 Å². The summed E-state index contributed by atoms with van der Waals surface area (Å²) in [6.45, 7) is 0.716. The van der Waals surface area contributed by atoms with Crippen LogP contribution < -0.4 is 5.32 Å². The van der Waals surface area contributed by atoms with E-state index in [0.29, 0.717) is 18.5 Å². The van der Waals surface area contributed by atoms with Crippen molar-refractivity contribution in [2.75, 3.05) is 18.8 Å². The second-order valence-corrected chi connectivity index (χ2v) is 7.20. The number of nitrogens with one attached hydrogen (secondary N) is 1. The number of piperidine rings is 1. The number of amides is 2. The number of likely N-dealkylation sites (tertiary alicyclic amines) is 1. The number of aliphatic hydroxyl groups excluding tert-OH is 1. The lowest BCUT2D eigenvalue weighted by Gasteiger charge is -2.36. The molecule has 2 atom stereocenters. The first-order valence-electron chi connectivity index (χ1n) is 8.46. The van der Waals surface area contributed by atoms with Crippen LogP contribution >= 0.6 is 11.8 Å². The van der Waals surface area contributed by atoms with E-state index in [1.807, 2.05) is 36.0 Å². The average Bonchev–Trinajstić information content (AvgIpc) is 3.07. The number of benzene rings is 1. The lowest BCUT2D eigenvalue weighted by molar-refractivity contribution is -0.120. The van der Waals surface area contributed by atoms with Gasteiger partial charge >= 0.3 is 0 Å². The van der Waals surface area contributed by atoms with E-state index in [0.717, 1.165) is 5.16 Å². The van der Waals surface area contributed by atoms with Crippen molar-refractivity contribution in [3.05, 3.63) is 48.3 Å². The molecule has 0 unspecified atom stereocenters. The van der Waals surface area contributed by atoms with E-state index in [2.05, 4.69) is 10.3 Å². The molecule has 1 fully saturated rings. The number of thioether (sulfide) groups is 1. The van der Waals surface area contributed by atoms with Gasteiger partial charge in [0.25, 0.3) is 5.91 Å². The molecule has 2 aromatic rings. The first kappa shape index (κ1) is 18.5. The summed E-state index contributed by atoms with van der Waals surface area (Å²) >= 11 is 1.35. The third-order valence-corrected chi connectivity index (χ3v) is 5.40. The molecule has 2 N–H and O–H groups in total. The average molecular weight is 374 g/mol. The lowest BCUT2D eigenvalue weighted by Crippen LogP contribution is -2.55. The second-order valence-electron chi connectivity index (χ2n) is 6.26. The minimum Gasteiger partial charge on any atom is -0.389 e. The lowest BCUT2D eigenvalue weighted by atomic mass is 10.0. The molecular formula is C18H22N4O3S. The summed E-state index contributed by atoms with van der Waals surface area (Å²) in [6, 6.07) is 8.67. The predicted octanol–water partition coefficient (Wildman–Crippen LogP) is 0.904. The molecular weight excluding hydrogens is 352 g/mol. The van der Waals surface area contributed by atoms with Gasteiger partial charge in [-0.05, 0) is 18.6 Å². The van der Waals surface area contributed by atoms with E-state index >= 15 is 0 Å². The Balaban J connectivity index is 1.48. The van der Waals surface area contributed by atoms with Crippen molar-refractivity contribution in [1.29, 1.82) is 0 Å². The van der Waals surface area contributed by atoms with Crippen LogP contribution in [-0.4, -0.2) is 62.4 Å². The fourth-order valence-corrected chi connectivity index (χ4v) is 3.66. The van der Waals surface area contributed by atoms with Crippen molar-refractivity contribution >= 4 is 23.6 Å². The zero-order valence-electron chi connectivity index (χ0n) is 14.5. The quantitative estimate of drug-likeness (QED) is 0.760. The number of aliphatic hydroxyl groups is 1. The number of imidazole rings is 1. The van der Waals surface area contributed by atoms with Gasteiger partial charge in [-0.25, -0.2) is 4.98 Å². The monoisotopic (exact) mass is 374 g/mol. The van der Waals surface area contributed by atoms with Gasteiger partial charge in [-0.1, -0.05) is 30.0 Å². The molecule has 1 aliphatic rings. The standard InChI is InChI=1S/C18H22N4O3S/c1-21-10-8-19-18(21)26-12-16(24)20-14-7-9-22(11-15(14)23)17(25)13-5-3-2-4-6-13/h2-6,8,10,14-15,23H,7,9,11-12H2,1H3,(H,20,24)/t14-,15-/m1/s1. The predicted molar refractivity (Wildman–Crippen MR) is 98.8 cm³/mol. The molecule has 0 radical (unpaired) electrons. The van der Waals surface area contributed by atoms with E-state index < -0.39 is 6.10 Å². The molecule has 1 aromatic heterocycles. The highest BCUT2D eigenvalue weighted by Crippen LogP contribution is 2.17. The number of β-amino-alcohol motifs (C(OH)–C–C–N with tert-alkyl or cyclic N) is 1. The van der Waals surface area contributed by atoms with E-state index in [9.17, 15) is 14.7 Å². The maximum Gasteiger partial charge on any atom is 0.253 e. The van der Waals surface area contributed by atoms with Crippen LogP contribution in [0.5, 0.6) is 0 Å². The number of aryl methyl sites for hydroxylation is 1. The molecule has 0 spiro atoms. The Morgan fingerprint density at radius 2 is 2.12 bits per heavy atom. The smallest absolute Gasteiger partial charge is 0.253 e. The molecule has 7 nitrogen and oxygen atoms in total. The fraction of sp³-hybridized carbons (Fsp3) is 0.389. The van der Waals surface area contributed by atoms with E-state index in [1.54, 1.807) is 23.2 Å². The second kappa shape index (κ2) is 8.37. The van der Waals surface area contributed by atoms with Gasteiger partial charge in [-0.3, -0.25) is 9.59 Å². The summed E-state index contributed by atoms with van der Waals surface area (Å²) in [5, 5.41) is 14.0. The third-order valence-electron chi connectivity index (χ3n) is 4.35. The molecule has 138 valence electrons. The zero-order valence-corrected chi connectivity index (χ0v) is 15.4. The van der Waals surface area contributed by atoms with Crippen LogP contribution in [0.2, 0.25) is 0 Å². The van der Waals surface area contributed by atoms with Gasteiger partial charge < -0.3 is 19.9 Å². The first-order valence-corrected chi connectivity index (χ1v) is 9.45. The Morgan fingerprint density at radius 3 is 2.77 bits per heavy atom. The van der Waals surface area contributed by atoms with E-state index in [-0.39, 0.29) is 30.2 Å². The summed E-state index contributed by atoms with van der Waals surface area (Å²) in [5.41, 5.74) is 0.605. The molecule has 1 aromatic carbocycles. The fourth-order valence-electron chi connectivity index (χ4n) is 2.92. The van der Waals surface area contributed by atoms with Crippen molar-refractivity contribution < 1.29 is 14.7 Å². The summed E-state index contributed by atoms with van der Waals surface area (Å²) in [4.78, 5) is 30.4. The number of aromatic nitrogens is 2. The van der Waals surface area contributed by atoms with Gasteiger partial charge in [0.2, 0.25) is 5.91 Å². The van der Waals surface area contributed by atoms with Gasteiger partial charge in [0.05, 0.1) is 17.9 Å². The number of carbonyl (C=O) groups excluding carboxylic acids is 2. The van der Waals surface area contributed by atoms with Crippen LogP contribution in [-0.2, 0) is 11.8 Å². The number of carbonyl (C=O) groups is 2. The van der Waals surface area contributed by atoms with Crippen molar-refractivity contribution in [1.82, 2.24) is 19.8 Å². The highest BCUT2D eigenvalue weighted by Gasteiger charge is 2.31. The minimum absolute atomic E-state index is 0.0974. The SMILES string of the molecule is Cn1ccnc1SCC(=O)N[C@@H]1CCN(C(=O)c2ccccc2)C[C@H]1O. The Bertz CT molecular complexity index is 765. The molecule has 1 saturated heterocycles. The molecule has 2 heterocycles. The zero-order chi connectivity index (χ0) is 18.5. The molecule has 0 saturated carbocycles. The van der Waals surface area contributed by atoms with Gasteiger partial charge in [0.15, 0.2) is 5.16 Å². The molecule has 3 rings (SSSR count). The normalized spacial score (nSPS) is 20.0. The first-order chi connectivity index (χ1) is 12.5. The van der Waals surface area contributed by atoms with Crippen LogP contribution in [0.1, 0.15) is 16.8 Å². The summed E-state index contributed by atoms with van der Waals surface area (Å²) in [7, 11) is 1.87. The molecule has 8 heteroatoms. The van der Waals surface area contributed by atoms with Gasteiger partial charge in [-0.2, -0.15) is 0 Å². The molecule has 0 aliphatic carbocycles. The van der Waals surface area contributed by atoms with Crippen LogP contribution in [0.3, 0.4) is 0 Å². The molecule has 0 bridgehead atoms. The van der Waals surface area contributed by atoms with Crippen LogP contribution in [0.15, 0.2) is 47.9 Å². The Labute approximate surface area is 156 Å². The summed E-state index contributed by atoms with van der Waals surface area (Å²) < 4.78 is 1.85. The van der Waals surface area contributed by atoms with Crippen molar-refractivity contribution in [3.63, 3.8) is 0 Å². The number of hydrogen-bond donors (Lipinski definition) is 2. The Morgan fingerprint density at radius 1 is 1.35 bits per heavy atom. The van der Waals surface area contributed by atoms with E-state index in [1.165, 1.54) is 11.8 Å². The molecule has 2 amide bonds. The minimum atomic E-state index is -0.779. The molecule has 1 aliphatic heterocycles. The summed E-state index contributed by atoms with van der Waals surface area (Å²) in [5.74, 6) is -0.00886. The maximum absolute atomic E-state index is 12.5. The topological polar surface area (TPSA) is 87.5 Å². The largest absolute Gasteiger partial charge is 0.389 e. The Kier molecular flexibility index (Phi) is 5.95. The van der Waals surface area contributed by atoms with Crippen molar-refractivity contribution in [3.8, 4) is 0 Å². The van der Waals surface area contributed by atoms with Gasteiger partial charge in [0.1, 0.15) is 0 Å². The highest BCUT2D eigenvalue weighted by molar-refractivity contribution is 7.99. The third kappa shape index (κ3) is 4.44. The number of nitrogens with zero attached hydrogens (tertiary/aromatic N) is 3. The summed E-state index contributed by atoms with van der Waals surface area (Å²) in [6.07, 6.45) is 3.25. The highest BCUT2D eigenvalue weighted by atomic mass is 32.2. The van der Waals surface area contributed by atoms with E-state index in [4.69, 9.17) is 0 Å². The van der Waals surface area contributed by atoms with Crippen molar-refractivity contribution in [2.45, 2.75) is 23.7 Å². The Hall–Kier alpha value is -2.32. The molecule has 26 heavy (non-hydrogen) atoms. The maximum atomic E-state index is 12.5. The number of rotatable bonds is 5. The van der Waals surface area contributed by atoms with Gasteiger partial charge in [0, 0.05) is 38.1 Å². The number of hydrogen-bond acceptors (Lipinski definition) is 5. The van der Waals surface area contributed by atoms with Gasteiger partial charge in [-0.15, -0.1) is 0 Å². The van der Waals surface area contributed by atoms with Crippen LogP contribution in [0.4, 0.5) is 0 Å². The van der Waals surface area contributed by atoms with Crippen LogP contribution in [0, 0.1) is 0 Å².